The minimum Gasteiger partial charge on any atom is -0.465 e. The SMILES string of the molecule is COC(=O)c1cncnc1Nc1c(C)cccc1C. The number of ether oxygens (including phenoxy) is 1. The number of carbonyl (C=O) groups is 1. The molecule has 0 amide bonds. The Labute approximate surface area is 111 Å². The van der Waals surface area contributed by atoms with Crippen molar-refractivity contribution in [1.82, 2.24) is 9.97 Å². The second-order valence-electron chi connectivity index (χ2n) is 4.17. The van der Waals surface area contributed by atoms with Gasteiger partial charge in [-0.3, -0.25) is 0 Å². The van der Waals surface area contributed by atoms with E-state index < -0.39 is 5.97 Å². The van der Waals surface area contributed by atoms with Crippen LogP contribution in [0, 0.1) is 13.8 Å². The Bertz CT molecular complexity index is 591. The Balaban J connectivity index is 2.42. The molecule has 2 aromatic rings. The number of anilines is 2. The second-order valence-corrected chi connectivity index (χ2v) is 4.17. The van der Waals surface area contributed by atoms with Gasteiger partial charge in [0.1, 0.15) is 17.7 Å². The van der Waals surface area contributed by atoms with E-state index in [2.05, 4.69) is 15.3 Å². The lowest BCUT2D eigenvalue weighted by Gasteiger charge is -2.13. The van der Waals surface area contributed by atoms with Crippen molar-refractivity contribution in [1.29, 1.82) is 0 Å². The van der Waals surface area contributed by atoms with Gasteiger partial charge in [0.25, 0.3) is 0 Å². The van der Waals surface area contributed by atoms with Crippen LogP contribution in [0.1, 0.15) is 21.5 Å². The van der Waals surface area contributed by atoms with Crippen LogP contribution in [0.25, 0.3) is 0 Å². The standard InChI is InChI=1S/C14H15N3O2/c1-9-5-4-6-10(2)12(9)17-13-11(14(18)19-3)7-15-8-16-13/h4-8H,1-3H3,(H,15,16,17). The minimum atomic E-state index is -0.464. The topological polar surface area (TPSA) is 64.1 Å². The van der Waals surface area contributed by atoms with E-state index in [1.54, 1.807) is 0 Å². The van der Waals surface area contributed by atoms with E-state index >= 15 is 0 Å². The molecular weight excluding hydrogens is 242 g/mol. The summed E-state index contributed by atoms with van der Waals surface area (Å²) in [6.07, 6.45) is 2.83. The highest BCUT2D eigenvalue weighted by Gasteiger charge is 2.14. The van der Waals surface area contributed by atoms with Crippen LogP contribution in [0.3, 0.4) is 0 Å². The van der Waals surface area contributed by atoms with Gasteiger partial charge < -0.3 is 10.1 Å². The van der Waals surface area contributed by atoms with E-state index in [-0.39, 0.29) is 0 Å². The summed E-state index contributed by atoms with van der Waals surface area (Å²) >= 11 is 0. The molecule has 19 heavy (non-hydrogen) atoms. The number of aromatic nitrogens is 2. The number of carbonyl (C=O) groups excluding carboxylic acids is 1. The van der Waals surface area contributed by atoms with Gasteiger partial charge >= 0.3 is 5.97 Å². The van der Waals surface area contributed by atoms with Gasteiger partial charge in [0.05, 0.1) is 7.11 Å². The number of para-hydroxylation sites is 1. The number of hydrogen-bond acceptors (Lipinski definition) is 5. The zero-order chi connectivity index (χ0) is 13.8. The lowest BCUT2D eigenvalue weighted by atomic mass is 10.1. The van der Waals surface area contributed by atoms with Crippen molar-refractivity contribution < 1.29 is 9.53 Å². The lowest BCUT2D eigenvalue weighted by Crippen LogP contribution is -2.09. The van der Waals surface area contributed by atoms with Crippen molar-refractivity contribution in [2.45, 2.75) is 13.8 Å². The Kier molecular flexibility index (Phi) is 3.75. The maximum atomic E-state index is 11.7. The molecule has 0 saturated heterocycles. The molecule has 0 aliphatic carbocycles. The molecule has 0 saturated carbocycles. The number of benzene rings is 1. The Morgan fingerprint density at radius 1 is 1.26 bits per heavy atom. The molecule has 5 heteroatoms. The van der Waals surface area contributed by atoms with Crippen molar-refractivity contribution in [3.63, 3.8) is 0 Å². The van der Waals surface area contributed by atoms with Crippen LogP contribution in [-0.2, 0) is 4.74 Å². The fourth-order valence-electron chi connectivity index (χ4n) is 1.82. The molecule has 5 nitrogen and oxygen atoms in total. The Morgan fingerprint density at radius 2 is 1.95 bits per heavy atom. The van der Waals surface area contributed by atoms with Crippen molar-refractivity contribution in [3.8, 4) is 0 Å². The number of aryl methyl sites for hydroxylation is 2. The van der Waals surface area contributed by atoms with Gasteiger partial charge in [0.15, 0.2) is 0 Å². The zero-order valence-electron chi connectivity index (χ0n) is 11.1. The smallest absolute Gasteiger partial charge is 0.343 e. The van der Waals surface area contributed by atoms with E-state index in [4.69, 9.17) is 4.74 Å². The highest BCUT2D eigenvalue weighted by atomic mass is 16.5. The quantitative estimate of drug-likeness (QED) is 0.856. The first-order chi connectivity index (χ1) is 9.13. The average Bonchev–Trinajstić information content (AvgIpc) is 2.42. The summed E-state index contributed by atoms with van der Waals surface area (Å²) in [7, 11) is 1.33. The van der Waals surface area contributed by atoms with Crippen LogP contribution in [-0.4, -0.2) is 23.0 Å². The van der Waals surface area contributed by atoms with Crippen LogP contribution in [0.5, 0.6) is 0 Å². The van der Waals surface area contributed by atoms with Gasteiger partial charge in [0, 0.05) is 11.9 Å². The first-order valence-corrected chi connectivity index (χ1v) is 5.85. The number of nitrogens with one attached hydrogen (secondary N) is 1. The maximum absolute atomic E-state index is 11.7. The van der Waals surface area contributed by atoms with Crippen LogP contribution in [0.15, 0.2) is 30.7 Å². The lowest BCUT2D eigenvalue weighted by molar-refractivity contribution is 0.0601. The van der Waals surface area contributed by atoms with E-state index in [1.807, 2.05) is 32.0 Å². The van der Waals surface area contributed by atoms with Crippen LogP contribution in [0.4, 0.5) is 11.5 Å². The van der Waals surface area contributed by atoms with Gasteiger partial charge in [-0.05, 0) is 25.0 Å². The first kappa shape index (κ1) is 13.0. The molecule has 0 atom stereocenters. The van der Waals surface area contributed by atoms with Crippen LogP contribution >= 0.6 is 0 Å². The molecule has 2 rings (SSSR count). The summed E-state index contributed by atoms with van der Waals surface area (Å²) in [5, 5.41) is 3.17. The molecule has 0 bridgehead atoms. The molecule has 0 radical (unpaired) electrons. The fourth-order valence-corrected chi connectivity index (χ4v) is 1.82. The third-order valence-electron chi connectivity index (χ3n) is 2.84. The summed E-state index contributed by atoms with van der Waals surface area (Å²) in [5.41, 5.74) is 3.41. The summed E-state index contributed by atoms with van der Waals surface area (Å²) in [4.78, 5) is 19.6. The number of rotatable bonds is 3. The van der Waals surface area contributed by atoms with E-state index in [0.717, 1.165) is 16.8 Å². The molecule has 0 spiro atoms. The second kappa shape index (κ2) is 5.48. The third-order valence-corrected chi connectivity index (χ3v) is 2.84. The minimum absolute atomic E-state index is 0.313. The average molecular weight is 257 g/mol. The molecule has 1 heterocycles. The highest BCUT2D eigenvalue weighted by molar-refractivity contribution is 5.95. The molecule has 0 aliphatic heterocycles. The third kappa shape index (κ3) is 2.70. The summed E-state index contributed by atoms with van der Waals surface area (Å²) in [5.74, 6) is -0.0198. The molecule has 0 fully saturated rings. The first-order valence-electron chi connectivity index (χ1n) is 5.85. The van der Waals surface area contributed by atoms with E-state index in [9.17, 15) is 4.79 Å². The summed E-state index contributed by atoms with van der Waals surface area (Å²) in [6, 6.07) is 5.97. The van der Waals surface area contributed by atoms with Crippen LogP contribution in [0.2, 0.25) is 0 Å². The molecule has 0 unspecified atom stereocenters. The monoisotopic (exact) mass is 257 g/mol. The molecule has 0 aliphatic rings. The maximum Gasteiger partial charge on any atom is 0.343 e. The number of hydrogen-bond donors (Lipinski definition) is 1. The normalized spacial score (nSPS) is 10.1. The van der Waals surface area contributed by atoms with E-state index in [0.29, 0.717) is 11.4 Å². The van der Waals surface area contributed by atoms with Gasteiger partial charge in [0.2, 0.25) is 0 Å². The van der Waals surface area contributed by atoms with E-state index in [1.165, 1.54) is 19.6 Å². The van der Waals surface area contributed by atoms with Crippen molar-refractivity contribution in [3.05, 3.63) is 47.4 Å². The van der Waals surface area contributed by atoms with Gasteiger partial charge in [-0.2, -0.15) is 0 Å². The molecular formula is C14H15N3O2. The predicted octanol–water partition coefficient (Wildman–Crippen LogP) is 2.62. The zero-order valence-corrected chi connectivity index (χ0v) is 11.1. The van der Waals surface area contributed by atoms with Crippen molar-refractivity contribution in [2.24, 2.45) is 0 Å². The highest BCUT2D eigenvalue weighted by Crippen LogP contribution is 2.24. The van der Waals surface area contributed by atoms with Gasteiger partial charge in [-0.15, -0.1) is 0 Å². The number of methoxy groups -OCH3 is 1. The molecule has 1 aromatic carbocycles. The predicted molar refractivity (Wildman–Crippen MR) is 72.6 cm³/mol. The molecule has 98 valence electrons. The summed E-state index contributed by atoms with van der Waals surface area (Å²) in [6.45, 7) is 3.99. The number of nitrogens with zero attached hydrogens (tertiary/aromatic N) is 2. The fraction of sp³-hybridized carbons (Fsp3) is 0.214. The van der Waals surface area contributed by atoms with Crippen molar-refractivity contribution >= 4 is 17.5 Å². The van der Waals surface area contributed by atoms with Gasteiger partial charge in [-0.25, -0.2) is 14.8 Å². The summed E-state index contributed by atoms with van der Waals surface area (Å²) < 4.78 is 4.72. The van der Waals surface area contributed by atoms with Gasteiger partial charge in [-0.1, -0.05) is 18.2 Å². The molecule has 1 aromatic heterocycles. The number of esters is 1. The Hall–Kier alpha value is -2.43. The van der Waals surface area contributed by atoms with Crippen LogP contribution < -0.4 is 5.32 Å². The largest absolute Gasteiger partial charge is 0.465 e. The Morgan fingerprint density at radius 3 is 2.58 bits per heavy atom. The molecule has 1 N–H and O–H groups in total. The van der Waals surface area contributed by atoms with Crippen molar-refractivity contribution in [2.75, 3.05) is 12.4 Å².